The molecule has 3 saturated heterocycles. The summed E-state index contributed by atoms with van der Waals surface area (Å²) in [6.07, 6.45) is -13.4. The Bertz CT molecular complexity index is 1140. The predicted molar refractivity (Wildman–Crippen MR) is 180 cm³/mol. The first-order chi connectivity index (χ1) is 25.8. The van der Waals surface area contributed by atoms with Crippen LogP contribution in [0.3, 0.4) is 0 Å². The molecule has 0 saturated carbocycles. The highest BCUT2D eigenvalue weighted by atomic mass is 16.7. The molecule has 312 valence electrons. The molecule has 0 radical (unpaired) electrons. The van der Waals surface area contributed by atoms with Gasteiger partial charge in [-0.15, -0.1) is 6.42 Å². The van der Waals surface area contributed by atoms with Crippen molar-refractivity contribution in [2.45, 2.75) is 143 Å². The Balaban J connectivity index is 1.66. The van der Waals surface area contributed by atoms with E-state index in [9.17, 15) is 50.4 Å². The number of rotatable bonds is 23. The number of amides is 1. The van der Waals surface area contributed by atoms with Crippen molar-refractivity contribution < 1.29 is 93.4 Å². The van der Waals surface area contributed by atoms with Crippen LogP contribution in [0.15, 0.2) is 0 Å². The van der Waals surface area contributed by atoms with Crippen LogP contribution in [0, 0.1) is 12.3 Å². The molecule has 1 amide bonds. The molecule has 0 aromatic rings. The molecule has 3 aliphatic heterocycles. The highest BCUT2D eigenvalue weighted by molar-refractivity contribution is 5.76. The maximum Gasteiger partial charge on any atom is 0.303 e. The maximum atomic E-state index is 11.8. The molecule has 15 atom stereocenters. The van der Waals surface area contributed by atoms with E-state index < -0.39 is 118 Å². The Labute approximate surface area is 313 Å². The number of hydrogen-bond acceptors (Lipinski definition) is 18. The van der Waals surface area contributed by atoms with Gasteiger partial charge in [-0.1, -0.05) is 18.8 Å². The molecular weight excluding hydrogens is 726 g/mol. The second-order valence-corrected chi connectivity index (χ2v) is 13.3. The number of aliphatic hydroxyl groups is 8. The molecule has 0 aliphatic carbocycles. The van der Waals surface area contributed by atoms with Crippen LogP contribution in [0.2, 0.25) is 0 Å². The number of carboxylic acid groups (broad SMARTS) is 1. The Kier molecular flexibility index (Phi) is 20.4. The van der Waals surface area contributed by atoms with Crippen LogP contribution in [0.4, 0.5) is 0 Å². The number of carboxylic acids is 1. The molecule has 3 heterocycles. The molecule has 54 heavy (non-hydrogen) atoms. The first-order valence-corrected chi connectivity index (χ1v) is 18.1. The van der Waals surface area contributed by atoms with Gasteiger partial charge in [-0.3, -0.25) is 9.59 Å². The normalized spacial score (nSPS) is 37.1. The average molecular weight is 784 g/mol. The lowest BCUT2D eigenvalue weighted by molar-refractivity contribution is -0.345. The minimum Gasteiger partial charge on any atom is -0.481 e. The van der Waals surface area contributed by atoms with Crippen molar-refractivity contribution in [1.29, 1.82) is 0 Å². The number of carbonyl (C=O) groups excluding carboxylic acids is 1. The van der Waals surface area contributed by atoms with E-state index in [1.54, 1.807) is 0 Å². The highest BCUT2D eigenvalue weighted by Crippen LogP contribution is 2.30. The topological polar surface area (TPSA) is 302 Å². The van der Waals surface area contributed by atoms with Crippen molar-refractivity contribution >= 4 is 11.9 Å². The van der Waals surface area contributed by atoms with E-state index in [4.69, 9.17) is 49.4 Å². The van der Waals surface area contributed by atoms with Gasteiger partial charge in [0.1, 0.15) is 73.2 Å². The number of unbranched alkanes of at least 4 members (excludes halogenated alkanes) is 4. The number of ether oxygens (including phenoxy) is 8. The van der Waals surface area contributed by atoms with E-state index in [0.717, 1.165) is 0 Å². The lowest BCUT2D eigenvalue weighted by Gasteiger charge is -2.45. The number of methoxy groups -OCH3 is 1. The Morgan fingerprint density at radius 1 is 0.630 bits per heavy atom. The van der Waals surface area contributed by atoms with Gasteiger partial charge >= 0.3 is 5.97 Å². The zero-order chi connectivity index (χ0) is 39.8. The summed E-state index contributed by atoms with van der Waals surface area (Å²) in [5.41, 5.74) is 0. The standard InChI is InChI=1S/C34H57NO19/c1-3-12-35-21(37)10-6-4-8-13-48-30-19(53-32(47-2)28(45)25(30)42)16-51-34-29(46)26(43)31(49-14-9-5-7-11-22(38)39)20(54-34)17-50-33-27(44)24(41)23(40)18(15-36)52-33/h1,18-20,23-34,36,40-46H,4-17H2,2H3,(H,35,37)(H,38,39)/t18?,19?,20?,23?,24?,25?,26?,27?,28?,29?,30-,31?,32?,33?,34?/m0/s1. The minimum atomic E-state index is -1.74. The zero-order valence-corrected chi connectivity index (χ0v) is 30.2. The fraction of sp³-hybridized carbons (Fsp3) is 0.882. The van der Waals surface area contributed by atoms with E-state index in [2.05, 4.69) is 11.2 Å². The van der Waals surface area contributed by atoms with Gasteiger partial charge < -0.3 is 89.2 Å². The molecule has 0 aromatic heterocycles. The third kappa shape index (κ3) is 13.5. The largest absolute Gasteiger partial charge is 0.481 e. The summed E-state index contributed by atoms with van der Waals surface area (Å²) < 4.78 is 45.6. The van der Waals surface area contributed by atoms with E-state index >= 15 is 0 Å². The van der Waals surface area contributed by atoms with Crippen LogP contribution in [0.5, 0.6) is 0 Å². The van der Waals surface area contributed by atoms with Crippen molar-refractivity contribution in [3.8, 4) is 12.3 Å². The third-order valence-electron chi connectivity index (χ3n) is 9.30. The van der Waals surface area contributed by atoms with Crippen molar-refractivity contribution in [2.75, 3.05) is 46.7 Å². The second kappa shape index (κ2) is 23.8. The summed E-state index contributed by atoms with van der Waals surface area (Å²) in [4.78, 5) is 22.6. The molecule has 20 heteroatoms. The summed E-state index contributed by atoms with van der Waals surface area (Å²) in [6.45, 7) is -1.30. The van der Waals surface area contributed by atoms with Crippen molar-refractivity contribution in [3.63, 3.8) is 0 Å². The van der Waals surface area contributed by atoms with Gasteiger partial charge in [0.05, 0.1) is 26.4 Å². The van der Waals surface area contributed by atoms with Gasteiger partial charge in [0, 0.05) is 33.2 Å². The van der Waals surface area contributed by atoms with E-state index in [0.29, 0.717) is 38.5 Å². The highest BCUT2D eigenvalue weighted by Gasteiger charge is 2.50. The summed E-state index contributed by atoms with van der Waals surface area (Å²) in [5, 5.41) is 95.4. The first-order valence-electron chi connectivity index (χ1n) is 18.1. The predicted octanol–water partition coefficient (Wildman–Crippen LogP) is -3.92. The number of carbonyl (C=O) groups is 2. The van der Waals surface area contributed by atoms with Crippen molar-refractivity contribution in [2.24, 2.45) is 0 Å². The number of aliphatic carboxylic acids is 1. The Morgan fingerprint density at radius 2 is 1.11 bits per heavy atom. The average Bonchev–Trinajstić information content (AvgIpc) is 3.15. The maximum absolute atomic E-state index is 11.8. The molecule has 0 aromatic carbocycles. The molecule has 3 aliphatic rings. The van der Waals surface area contributed by atoms with Gasteiger partial charge in [-0.2, -0.15) is 0 Å². The van der Waals surface area contributed by atoms with E-state index in [1.165, 1.54) is 7.11 Å². The summed E-state index contributed by atoms with van der Waals surface area (Å²) in [6, 6.07) is 0. The number of aliphatic hydroxyl groups excluding tert-OH is 8. The van der Waals surface area contributed by atoms with E-state index in [-0.39, 0.29) is 38.5 Å². The van der Waals surface area contributed by atoms with Gasteiger partial charge in [0.15, 0.2) is 18.9 Å². The fourth-order valence-electron chi connectivity index (χ4n) is 6.20. The zero-order valence-electron chi connectivity index (χ0n) is 30.2. The third-order valence-corrected chi connectivity index (χ3v) is 9.30. The van der Waals surface area contributed by atoms with Crippen molar-refractivity contribution in [1.82, 2.24) is 5.32 Å². The smallest absolute Gasteiger partial charge is 0.303 e. The minimum absolute atomic E-state index is 0.0333. The Hall–Kier alpha value is -2.14. The van der Waals surface area contributed by atoms with Gasteiger partial charge in [0.2, 0.25) is 5.91 Å². The monoisotopic (exact) mass is 783 g/mol. The summed E-state index contributed by atoms with van der Waals surface area (Å²) in [7, 11) is 1.26. The SMILES string of the molecule is C#CCNC(=O)CCCCCO[C@H]1C(COC2OC(COC3OC(CO)C(O)C(O)C3O)C(OCCCCCC(=O)O)C(O)C2O)OC(OC)C(O)C1O. The molecule has 14 unspecified atom stereocenters. The summed E-state index contributed by atoms with van der Waals surface area (Å²) in [5.74, 6) is 1.20. The summed E-state index contributed by atoms with van der Waals surface area (Å²) >= 11 is 0. The number of hydrogen-bond donors (Lipinski definition) is 10. The molecule has 0 spiro atoms. The van der Waals surface area contributed by atoms with Crippen LogP contribution in [0.1, 0.15) is 51.4 Å². The molecule has 20 nitrogen and oxygen atoms in total. The van der Waals surface area contributed by atoms with Gasteiger partial charge in [0.25, 0.3) is 0 Å². The van der Waals surface area contributed by atoms with Crippen LogP contribution >= 0.6 is 0 Å². The van der Waals surface area contributed by atoms with Crippen molar-refractivity contribution in [3.05, 3.63) is 0 Å². The molecule has 0 bridgehead atoms. The first kappa shape index (κ1) is 46.2. The molecule has 3 fully saturated rings. The Morgan fingerprint density at radius 3 is 1.61 bits per heavy atom. The molecule has 10 N–H and O–H groups in total. The lowest BCUT2D eigenvalue weighted by Crippen LogP contribution is -2.63. The van der Waals surface area contributed by atoms with Gasteiger partial charge in [-0.05, 0) is 25.7 Å². The quantitative estimate of drug-likeness (QED) is 0.0350. The number of terminal acetylenes is 1. The molecule has 3 rings (SSSR count). The van der Waals surface area contributed by atoms with Crippen LogP contribution in [-0.2, 0) is 47.5 Å². The van der Waals surface area contributed by atoms with Crippen LogP contribution in [-0.4, -0.2) is 197 Å². The van der Waals surface area contributed by atoms with Crippen LogP contribution in [0.25, 0.3) is 0 Å². The fourth-order valence-corrected chi connectivity index (χ4v) is 6.20. The number of nitrogens with one attached hydrogen (secondary N) is 1. The van der Waals surface area contributed by atoms with Gasteiger partial charge in [-0.25, -0.2) is 0 Å². The van der Waals surface area contributed by atoms with Crippen LogP contribution < -0.4 is 5.32 Å². The lowest BCUT2D eigenvalue weighted by atomic mass is 9.97. The molecular formula is C34H57NO19. The van der Waals surface area contributed by atoms with E-state index in [1.807, 2.05) is 0 Å². The second-order valence-electron chi connectivity index (χ2n) is 13.3.